The predicted molar refractivity (Wildman–Crippen MR) is 213 cm³/mol. The SMILES string of the molecule is CC(C)(C)c1ccc2c(c1)c1c(n2-c2cc(Cl)cc(-n3c4ccc(C(C)(C)C)cc4c4sc5ccccc5c43)c2)-c2ccccc2C1(C)C. The molecule has 2 nitrogen and oxygen atoms in total. The van der Waals surface area contributed by atoms with Crippen molar-refractivity contribution in [3.05, 3.63) is 130 Å². The van der Waals surface area contributed by atoms with Gasteiger partial charge in [-0.3, -0.25) is 0 Å². The molecule has 0 atom stereocenters. The standard InChI is InChI=1S/C45H41ClN2S/c1-43(2,3)26-17-19-36-33(21-26)39-40(31-13-9-11-15-35(31)45(39,7)8)47(36)29-23-28(46)24-30(25-29)48-37-20-18-27(44(4,5)6)22-34(37)42-41(48)32-14-10-12-16-38(32)49-42/h9-25H,1-8H3. The fourth-order valence-corrected chi connectivity index (χ4v) is 9.74. The lowest BCUT2D eigenvalue weighted by Crippen LogP contribution is -2.15. The molecule has 0 fully saturated rings. The average molecular weight is 677 g/mol. The highest BCUT2D eigenvalue weighted by Crippen LogP contribution is 2.54. The van der Waals surface area contributed by atoms with E-state index in [4.69, 9.17) is 11.6 Å². The summed E-state index contributed by atoms with van der Waals surface area (Å²) >= 11 is 9.07. The van der Waals surface area contributed by atoms with E-state index in [2.05, 4.69) is 168 Å². The number of benzene rings is 5. The summed E-state index contributed by atoms with van der Waals surface area (Å²) in [7, 11) is 0. The van der Waals surface area contributed by atoms with Gasteiger partial charge in [0.1, 0.15) is 0 Å². The molecule has 0 saturated carbocycles. The molecule has 8 aromatic rings. The van der Waals surface area contributed by atoms with Crippen LogP contribution < -0.4 is 0 Å². The van der Waals surface area contributed by atoms with Crippen LogP contribution in [0.5, 0.6) is 0 Å². The Kier molecular flexibility index (Phi) is 6.35. The molecular weight excluding hydrogens is 636 g/mol. The molecule has 5 aromatic carbocycles. The first-order valence-corrected chi connectivity index (χ1v) is 18.5. The number of hydrogen-bond acceptors (Lipinski definition) is 1. The quantitative estimate of drug-likeness (QED) is 0.172. The van der Waals surface area contributed by atoms with E-state index >= 15 is 0 Å². The molecule has 0 N–H and O–H groups in total. The molecule has 0 spiro atoms. The van der Waals surface area contributed by atoms with Crippen LogP contribution in [0.4, 0.5) is 0 Å². The molecule has 0 amide bonds. The molecule has 3 heterocycles. The molecule has 0 radical (unpaired) electrons. The number of nitrogens with zero attached hydrogens (tertiary/aromatic N) is 2. The third-order valence-electron chi connectivity index (χ3n) is 10.8. The summed E-state index contributed by atoms with van der Waals surface area (Å²) in [5, 5.41) is 4.61. The van der Waals surface area contributed by atoms with Crippen LogP contribution in [0.1, 0.15) is 77.6 Å². The van der Waals surface area contributed by atoms with Crippen LogP contribution in [0.2, 0.25) is 5.02 Å². The van der Waals surface area contributed by atoms with Gasteiger partial charge < -0.3 is 9.13 Å². The lowest BCUT2D eigenvalue weighted by Gasteiger charge is -2.23. The van der Waals surface area contributed by atoms with Crippen molar-refractivity contribution in [2.45, 2.75) is 71.6 Å². The number of halogens is 1. The predicted octanol–water partition coefficient (Wildman–Crippen LogP) is 13.5. The van der Waals surface area contributed by atoms with E-state index in [9.17, 15) is 0 Å². The highest BCUT2D eigenvalue weighted by atomic mass is 35.5. The van der Waals surface area contributed by atoms with Crippen molar-refractivity contribution in [3.63, 3.8) is 0 Å². The molecule has 49 heavy (non-hydrogen) atoms. The highest BCUT2D eigenvalue weighted by molar-refractivity contribution is 7.26. The number of rotatable bonds is 2. The summed E-state index contributed by atoms with van der Waals surface area (Å²) in [5.41, 5.74) is 13.8. The van der Waals surface area contributed by atoms with Crippen molar-refractivity contribution in [1.29, 1.82) is 0 Å². The van der Waals surface area contributed by atoms with Crippen molar-refractivity contribution in [3.8, 4) is 22.6 Å². The molecule has 4 heteroatoms. The Balaban J connectivity index is 1.38. The summed E-state index contributed by atoms with van der Waals surface area (Å²) in [6.07, 6.45) is 0. The largest absolute Gasteiger partial charge is 0.309 e. The minimum Gasteiger partial charge on any atom is -0.309 e. The van der Waals surface area contributed by atoms with Gasteiger partial charge in [0.25, 0.3) is 0 Å². The highest BCUT2D eigenvalue weighted by Gasteiger charge is 2.40. The molecule has 1 aliphatic carbocycles. The van der Waals surface area contributed by atoms with E-state index < -0.39 is 0 Å². The second-order valence-electron chi connectivity index (χ2n) is 16.5. The van der Waals surface area contributed by atoms with E-state index in [0.717, 1.165) is 16.4 Å². The minimum absolute atomic E-state index is 0.0407. The second kappa shape index (κ2) is 10.1. The molecular formula is C45H41ClN2S. The first-order chi connectivity index (χ1) is 23.2. The summed E-state index contributed by atoms with van der Waals surface area (Å²) in [6.45, 7) is 18.5. The van der Waals surface area contributed by atoms with Gasteiger partial charge in [0, 0.05) is 48.2 Å². The Hall–Kier alpha value is -4.31. The van der Waals surface area contributed by atoms with Gasteiger partial charge >= 0.3 is 0 Å². The molecule has 1 aliphatic rings. The first-order valence-electron chi connectivity index (χ1n) is 17.3. The van der Waals surface area contributed by atoms with Crippen molar-refractivity contribution < 1.29 is 0 Å². The zero-order valence-corrected chi connectivity index (χ0v) is 31.1. The van der Waals surface area contributed by atoms with Crippen molar-refractivity contribution in [2.24, 2.45) is 0 Å². The van der Waals surface area contributed by atoms with Crippen LogP contribution >= 0.6 is 22.9 Å². The smallest absolute Gasteiger partial charge is 0.0727 e. The molecule has 0 bridgehead atoms. The van der Waals surface area contributed by atoms with Gasteiger partial charge in [-0.2, -0.15) is 0 Å². The van der Waals surface area contributed by atoms with Crippen LogP contribution in [-0.2, 0) is 16.2 Å². The van der Waals surface area contributed by atoms with Gasteiger partial charge in [-0.05, 0) is 81.6 Å². The third-order valence-corrected chi connectivity index (χ3v) is 12.2. The number of thiophene rings is 1. The molecule has 244 valence electrons. The van der Waals surface area contributed by atoms with E-state index in [0.29, 0.717) is 0 Å². The average Bonchev–Trinajstić information content (AvgIpc) is 3.75. The Morgan fingerprint density at radius 2 is 1.20 bits per heavy atom. The first kappa shape index (κ1) is 30.7. The maximum atomic E-state index is 7.18. The maximum absolute atomic E-state index is 7.18. The summed E-state index contributed by atoms with van der Waals surface area (Å²) in [6, 6.07) is 38.5. The Bertz CT molecular complexity index is 2660. The fourth-order valence-electron chi connectivity index (χ4n) is 8.30. The summed E-state index contributed by atoms with van der Waals surface area (Å²) in [4.78, 5) is 0. The van der Waals surface area contributed by atoms with Crippen LogP contribution in [0.25, 0.3) is 64.7 Å². The Morgan fingerprint density at radius 3 is 1.90 bits per heavy atom. The molecule has 9 rings (SSSR count). The minimum atomic E-state index is -0.142. The van der Waals surface area contributed by atoms with Gasteiger partial charge in [0.2, 0.25) is 0 Å². The molecule has 0 aliphatic heterocycles. The normalized spacial score (nSPS) is 14.4. The maximum Gasteiger partial charge on any atom is 0.0727 e. The van der Waals surface area contributed by atoms with Crippen molar-refractivity contribution >= 4 is 65.0 Å². The monoisotopic (exact) mass is 676 g/mol. The third kappa shape index (κ3) is 4.38. The number of fused-ring (bicyclic) bond motifs is 10. The summed E-state index contributed by atoms with van der Waals surface area (Å²) < 4.78 is 7.55. The van der Waals surface area contributed by atoms with E-state index in [-0.39, 0.29) is 16.2 Å². The molecule has 0 saturated heterocycles. The van der Waals surface area contributed by atoms with Gasteiger partial charge in [0.05, 0.1) is 26.9 Å². The second-order valence-corrected chi connectivity index (χ2v) is 18.0. The van der Waals surface area contributed by atoms with Crippen LogP contribution in [0, 0.1) is 0 Å². The van der Waals surface area contributed by atoms with Gasteiger partial charge in [0.15, 0.2) is 0 Å². The van der Waals surface area contributed by atoms with Gasteiger partial charge in [-0.25, -0.2) is 0 Å². The van der Waals surface area contributed by atoms with Crippen LogP contribution in [0.3, 0.4) is 0 Å². The lowest BCUT2D eigenvalue weighted by molar-refractivity contribution is 0.590. The molecule has 3 aromatic heterocycles. The van der Waals surface area contributed by atoms with Crippen LogP contribution in [-0.4, -0.2) is 9.13 Å². The van der Waals surface area contributed by atoms with Crippen molar-refractivity contribution in [1.82, 2.24) is 9.13 Å². The zero-order chi connectivity index (χ0) is 34.2. The molecule has 0 unspecified atom stereocenters. The van der Waals surface area contributed by atoms with Gasteiger partial charge in [-0.15, -0.1) is 11.3 Å². The van der Waals surface area contributed by atoms with E-state index in [1.807, 2.05) is 11.3 Å². The Labute approximate surface area is 297 Å². The van der Waals surface area contributed by atoms with Crippen molar-refractivity contribution in [2.75, 3.05) is 0 Å². The fraction of sp³-hybridized carbons (Fsp3) is 0.244. The van der Waals surface area contributed by atoms with Gasteiger partial charge in [-0.1, -0.05) is 122 Å². The topological polar surface area (TPSA) is 9.86 Å². The van der Waals surface area contributed by atoms with Crippen LogP contribution in [0.15, 0.2) is 103 Å². The van der Waals surface area contributed by atoms with E-state index in [1.165, 1.54) is 75.6 Å². The lowest BCUT2D eigenvalue weighted by atomic mass is 9.80. The summed E-state index contributed by atoms with van der Waals surface area (Å²) in [5.74, 6) is 0. The Morgan fingerprint density at radius 1 is 0.612 bits per heavy atom. The van der Waals surface area contributed by atoms with E-state index in [1.54, 1.807) is 0 Å². The zero-order valence-electron chi connectivity index (χ0n) is 29.5. The number of hydrogen-bond donors (Lipinski definition) is 0. The number of aromatic nitrogens is 2.